The van der Waals surface area contributed by atoms with Crippen LogP contribution in [0.25, 0.3) is 5.69 Å². The molecule has 17 nitrogen and oxygen atoms in total. The number of alkyl carbamates (subject to hydrolysis) is 1. The maximum Gasteiger partial charge on any atom is 0.408 e. The fourth-order valence-corrected chi connectivity index (χ4v) is 10.2. The molecular formula is C42H58N8O9S. The first kappa shape index (κ1) is 43.2. The molecule has 0 unspecified atom stereocenters. The second-order valence-corrected chi connectivity index (χ2v) is 20.0. The SMILES string of the molecule is COc1ccc(-n2nnc([C@@H]3C[C@H]4C(=O)N[C@]5(C(=O)NS(=O)(=O)C6CC6)C[C@@H]5/C=C\CCCCC[C@H](C(=O)[C@@H](NC(=O)OC(C)(C)C)C5CCCCC5)C(=O)N4C3)n2)cc1. The Hall–Kier alpha value is -4.87. The highest BCUT2D eigenvalue weighted by Gasteiger charge is 2.62. The van der Waals surface area contributed by atoms with Crippen molar-refractivity contribution in [2.75, 3.05) is 13.7 Å². The lowest BCUT2D eigenvalue weighted by atomic mass is 9.78. The van der Waals surface area contributed by atoms with Gasteiger partial charge in [-0.2, -0.15) is 0 Å². The maximum atomic E-state index is 15.1. The summed E-state index contributed by atoms with van der Waals surface area (Å²) in [5.41, 5.74) is -1.75. The minimum Gasteiger partial charge on any atom is -0.497 e. The Morgan fingerprint density at radius 3 is 2.35 bits per heavy atom. The van der Waals surface area contributed by atoms with E-state index in [1.807, 2.05) is 12.2 Å². The molecule has 6 atom stereocenters. The van der Waals surface area contributed by atoms with Crippen LogP contribution in [0.3, 0.4) is 0 Å². The van der Waals surface area contributed by atoms with Crippen molar-refractivity contribution in [3.63, 3.8) is 0 Å². The van der Waals surface area contributed by atoms with Crippen LogP contribution in [0.2, 0.25) is 0 Å². The number of ketones is 1. The number of hydrogen-bond donors (Lipinski definition) is 3. The van der Waals surface area contributed by atoms with Crippen LogP contribution in [-0.2, 0) is 33.9 Å². The van der Waals surface area contributed by atoms with Crippen molar-refractivity contribution < 1.29 is 41.9 Å². The maximum absolute atomic E-state index is 15.1. The molecule has 5 aliphatic rings. The summed E-state index contributed by atoms with van der Waals surface area (Å²) in [5.74, 6) is -3.97. The minimum atomic E-state index is -3.93. The number of tetrazole rings is 1. The van der Waals surface area contributed by atoms with Gasteiger partial charge in [0.1, 0.15) is 22.9 Å². The number of fused-ring (bicyclic) bond motifs is 2. The first-order valence-electron chi connectivity index (χ1n) is 21.4. The third-order valence-electron chi connectivity index (χ3n) is 12.4. The van der Waals surface area contributed by atoms with E-state index < -0.39 is 85.8 Å². The van der Waals surface area contributed by atoms with Gasteiger partial charge in [0.25, 0.3) is 5.91 Å². The van der Waals surface area contributed by atoms with Gasteiger partial charge < -0.3 is 25.0 Å². The van der Waals surface area contributed by atoms with Crippen LogP contribution >= 0.6 is 0 Å². The molecule has 4 amide bonds. The number of benzene rings is 1. The standard InChI is InChI=1S/C42H58N8O9S/c1-41(2,3)59-40(55)43-34(26-13-9-8-10-14-26)35(51)32-16-12-7-5-6-11-15-28-24-42(28,39(54)47-60(56,57)31-21-22-31)44-37(52)33-23-27(25-49(33)38(32)53)36-45-48-50(46-36)29-17-19-30(58-4)20-18-29/h11,15,17-20,26-28,31-34H,5-10,12-14,16,21-25H2,1-4H3,(H,43,55)(H,44,52)(H,47,54)/b15-11-/t27-,28+,32-,33+,34+,42-/m1/s1. The van der Waals surface area contributed by atoms with Gasteiger partial charge in [0, 0.05) is 18.4 Å². The van der Waals surface area contributed by atoms with Gasteiger partial charge in [0.05, 0.1) is 30.0 Å². The number of rotatable bonds is 10. The van der Waals surface area contributed by atoms with E-state index in [1.165, 1.54) is 9.70 Å². The number of nitrogens with one attached hydrogen (secondary N) is 3. The summed E-state index contributed by atoms with van der Waals surface area (Å²) in [5, 5.41) is 18.3. The average Bonchev–Trinajstić information content (AvgIpc) is 4.08. The van der Waals surface area contributed by atoms with Crippen molar-refractivity contribution in [2.24, 2.45) is 17.8 Å². The van der Waals surface area contributed by atoms with E-state index in [0.717, 1.165) is 25.7 Å². The van der Waals surface area contributed by atoms with Gasteiger partial charge in [-0.05, 0) is 114 Å². The van der Waals surface area contributed by atoms with Gasteiger partial charge in [-0.15, -0.1) is 15.0 Å². The summed E-state index contributed by atoms with van der Waals surface area (Å²) >= 11 is 0. The molecule has 1 aromatic carbocycles. The van der Waals surface area contributed by atoms with Gasteiger partial charge in [-0.1, -0.05) is 44.3 Å². The van der Waals surface area contributed by atoms with Crippen molar-refractivity contribution in [3.05, 3.63) is 42.2 Å². The van der Waals surface area contributed by atoms with Gasteiger partial charge in [0.2, 0.25) is 21.8 Å². The molecule has 3 aliphatic carbocycles. The monoisotopic (exact) mass is 850 g/mol. The topological polar surface area (TPSA) is 221 Å². The highest BCUT2D eigenvalue weighted by atomic mass is 32.2. The van der Waals surface area contributed by atoms with Crippen molar-refractivity contribution in [3.8, 4) is 11.4 Å². The highest BCUT2D eigenvalue weighted by Crippen LogP contribution is 2.46. The fourth-order valence-electron chi connectivity index (χ4n) is 8.87. The third-order valence-corrected chi connectivity index (χ3v) is 14.2. The van der Waals surface area contributed by atoms with Crippen molar-refractivity contribution in [1.82, 2.24) is 40.5 Å². The van der Waals surface area contributed by atoms with Gasteiger partial charge in [-0.3, -0.25) is 23.9 Å². The van der Waals surface area contributed by atoms with Crippen LogP contribution in [0, 0.1) is 17.8 Å². The van der Waals surface area contributed by atoms with Crippen LogP contribution in [0.4, 0.5) is 4.79 Å². The lowest BCUT2D eigenvalue weighted by Gasteiger charge is -2.34. The molecule has 2 aromatic rings. The number of ether oxygens (including phenoxy) is 2. The number of nitrogens with zero attached hydrogens (tertiary/aromatic N) is 5. The zero-order chi connectivity index (χ0) is 42.8. The molecule has 3 heterocycles. The first-order chi connectivity index (χ1) is 28.6. The zero-order valence-corrected chi connectivity index (χ0v) is 35.7. The number of methoxy groups -OCH3 is 1. The summed E-state index contributed by atoms with van der Waals surface area (Å²) in [6.07, 6.45) is 11.2. The molecule has 60 heavy (non-hydrogen) atoms. The number of Topliss-reactive ketones (excluding diaryl/α,β-unsaturated/α-hetero) is 1. The minimum absolute atomic E-state index is 0.0266. The number of carbonyl (C=O) groups is 5. The predicted molar refractivity (Wildman–Crippen MR) is 218 cm³/mol. The Morgan fingerprint density at radius 2 is 1.67 bits per heavy atom. The fraction of sp³-hybridized carbons (Fsp3) is 0.667. The highest BCUT2D eigenvalue weighted by molar-refractivity contribution is 7.91. The number of hydrogen-bond acceptors (Lipinski definition) is 12. The Bertz CT molecular complexity index is 2070. The van der Waals surface area contributed by atoms with Gasteiger partial charge in [0.15, 0.2) is 11.6 Å². The van der Waals surface area contributed by atoms with Crippen LogP contribution in [0.1, 0.15) is 122 Å². The average molecular weight is 851 g/mol. The van der Waals surface area contributed by atoms with Gasteiger partial charge in [-0.25, -0.2) is 13.2 Å². The summed E-state index contributed by atoms with van der Waals surface area (Å²) in [4.78, 5) is 74.6. The molecule has 326 valence electrons. The second-order valence-electron chi connectivity index (χ2n) is 18.1. The summed E-state index contributed by atoms with van der Waals surface area (Å²) in [6, 6.07) is 4.88. The van der Waals surface area contributed by atoms with E-state index in [1.54, 1.807) is 52.1 Å². The largest absolute Gasteiger partial charge is 0.497 e. The lowest BCUT2D eigenvalue weighted by molar-refractivity contribution is -0.147. The van der Waals surface area contributed by atoms with Crippen LogP contribution in [-0.4, -0.2) is 105 Å². The quantitative estimate of drug-likeness (QED) is 0.228. The van der Waals surface area contributed by atoms with Crippen molar-refractivity contribution in [2.45, 2.75) is 145 Å². The predicted octanol–water partition coefficient (Wildman–Crippen LogP) is 4.02. The van der Waals surface area contributed by atoms with Crippen LogP contribution in [0.15, 0.2) is 36.4 Å². The number of amides is 4. The van der Waals surface area contributed by atoms with E-state index >= 15 is 4.79 Å². The molecule has 0 spiro atoms. The molecule has 7 rings (SSSR count). The van der Waals surface area contributed by atoms with Crippen LogP contribution in [0.5, 0.6) is 5.75 Å². The number of allylic oxidation sites excluding steroid dienone is 1. The van der Waals surface area contributed by atoms with E-state index in [0.29, 0.717) is 56.4 Å². The Balaban J connectivity index is 1.22. The second kappa shape index (κ2) is 17.6. The van der Waals surface area contributed by atoms with E-state index in [4.69, 9.17) is 9.47 Å². The number of sulfonamides is 1. The summed E-state index contributed by atoms with van der Waals surface area (Å²) < 4.78 is 39.0. The number of carbonyl (C=O) groups excluding carboxylic acids is 5. The molecule has 2 aliphatic heterocycles. The lowest BCUT2D eigenvalue weighted by Crippen LogP contribution is -2.58. The van der Waals surface area contributed by atoms with Crippen LogP contribution < -0.4 is 20.1 Å². The van der Waals surface area contributed by atoms with E-state index in [-0.39, 0.29) is 37.5 Å². The Labute approximate surface area is 351 Å². The van der Waals surface area contributed by atoms with E-state index in [2.05, 4.69) is 30.8 Å². The Kier molecular flexibility index (Phi) is 12.7. The van der Waals surface area contributed by atoms with Crippen molar-refractivity contribution >= 4 is 39.6 Å². The molecule has 1 aromatic heterocycles. The molecule has 1 saturated heterocycles. The Morgan fingerprint density at radius 1 is 0.967 bits per heavy atom. The molecule has 3 N–H and O–H groups in total. The molecule has 4 fully saturated rings. The molecule has 0 radical (unpaired) electrons. The summed E-state index contributed by atoms with van der Waals surface area (Å²) in [7, 11) is -2.37. The van der Waals surface area contributed by atoms with E-state index in [9.17, 15) is 27.6 Å². The van der Waals surface area contributed by atoms with Crippen molar-refractivity contribution in [1.29, 1.82) is 0 Å². The normalized spacial score (nSPS) is 27.8. The first-order valence-corrected chi connectivity index (χ1v) is 23.0. The molecule has 18 heteroatoms. The smallest absolute Gasteiger partial charge is 0.408 e. The zero-order valence-electron chi connectivity index (χ0n) is 34.9. The summed E-state index contributed by atoms with van der Waals surface area (Å²) in [6.45, 7) is 5.20. The number of aromatic nitrogens is 4. The molecule has 3 saturated carbocycles. The molecule has 0 bridgehead atoms. The van der Waals surface area contributed by atoms with Gasteiger partial charge >= 0.3 is 6.09 Å². The molecular weight excluding hydrogens is 793 g/mol. The third kappa shape index (κ3) is 9.84.